The lowest BCUT2D eigenvalue weighted by atomic mass is 9.92. The number of carbonyl (C=O) groups is 1. The van der Waals surface area contributed by atoms with Crippen LogP contribution in [-0.4, -0.2) is 22.5 Å². The summed E-state index contributed by atoms with van der Waals surface area (Å²) in [5.74, 6) is -0.458. The maximum atomic E-state index is 12.8. The number of fused-ring (bicyclic) bond motifs is 1. The molecule has 0 aliphatic heterocycles. The molecule has 0 N–H and O–H groups in total. The highest BCUT2D eigenvalue weighted by atomic mass is 16.6. The number of benzene rings is 2. The number of aromatic nitrogens is 1. The highest BCUT2D eigenvalue weighted by Gasteiger charge is 2.24. The summed E-state index contributed by atoms with van der Waals surface area (Å²) in [6.07, 6.45) is 1.42. The van der Waals surface area contributed by atoms with Crippen LogP contribution in [-0.2, 0) is 11.2 Å². The molecule has 0 aliphatic carbocycles. The van der Waals surface area contributed by atoms with E-state index in [9.17, 15) is 14.9 Å². The summed E-state index contributed by atoms with van der Waals surface area (Å²) in [5.41, 5.74) is 3.04. The summed E-state index contributed by atoms with van der Waals surface area (Å²) >= 11 is 0. The van der Waals surface area contributed by atoms with Crippen molar-refractivity contribution in [3.63, 3.8) is 0 Å². The number of carbonyl (C=O) groups excluding carboxylic acids is 1. The van der Waals surface area contributed by atoms with Crippen molar-refractivity contribution in [2.45, 2.75) is 26.7 Å². The predicted molar refractivity (Wildman–Crippen MR) is 104 cm³/mol. The first-order valence-electron chi connectivity index (χ1n) is 8.90. The Labute approximate surface area is 157 Å². The third-order valence-electron chi connectivity index (χ3n) is 4.28. The zero-order valence-corrected chi connectivity index (χ0v) is 15.3. The van der Waals surface area contributed by atoms with Gasteiger partial charge in [-0.05, 0) is 25.0 Å². The first-order chi connectivity index (χ1) is 13.1. The van der Waals surface area contributed by atoms with Crippen molar-refractivity contribution in [2.75, 3.05) is 6.61 Å². The van der Waals surface area contributed by atoms with E-state index in [1.807, 2.05) is 37.3 Å². The van der Waals surface area contributed by atoms with Crippen LogP contribution in [0.4, 0.5) is 5.69 Å². The van der Waals surface area contributed by atoms with Gasteiger partial charge in [0.1, 0.15) is 0 Å². The van der Waals surface area contributed by atoms with E-state index in [1.54, 1.807) is 13.0 Å². The van der Waals surface area contributed by atoms with Crippen molar-refractivity contribution >= 4 is 22.6 Å². The molecule has 27 heavy (non-hydrogen) atoms. The standard InChI is InChI=1S/C21H20N2O4/c1-3-8-18-20(21(24)27-4-2)19(14-9-6-5-7-10-14)16-13-15(23(25)26)11-12-17(16)22-18/h5-7,9-13H,3-4,8H2,1-2H3. The molecule has 2 aromatic carbocycles. The number of nitro benzene ring substituents is 1. The topological polar surface area (TPSA) is 82.3 Å². The van der Waals surface area contributed by atoms with Crippen LogP contribution >= 0.6 is 0 Å². The number of nitro groups is 1. The van der Waals surface area contributed by atoms with Crippen molar-refractivity contribution in [2.24, 2.45) is 0 Å². The Hall–Kier alpha value is -3.28. The number of nitrogens with zero attached hydrogens (tertiary/aromatic N) is 2. The summed E-state index contributed by atoms with van der Waals surface area (Å²) in [6, 6.07) is 13.9. The largest absolute Gasteiger partial charge is 0.462 e. The number of ether oxygens (including phenoxy) is 1. The number of hydrogen-bond donors (Lipinski definition) is 0. The normalized spacial score (nSPS) is 10.7. The van der Waals surface area contributed by atoms with Gasteiger partial charge in [-0.1, -0.05) is 43.7 Å². The van der Waals surface area contributed by atoms with Gasteiger partial charge < -0.3 is 4.74 Å². The van der Waals surface area contributed by atoms with Crippen LogP contribution in [0.2, 0.25) is 0 Å². The molecule has 138 valence electrons. The first kappa shape index (κ1) is 18.5. The fraction of sp³-hybridized carbons (Fsp3) is 0.238. The van der Waals surface area contributed by atoms with E-state index in [1.165, 1.54) is 12.1 Å². The second-order valence-corrected chi connectivity index (χ2v) is 6.10. The Kier molecular flexibility index (Phi) is 5.45. The number of rotatable bonds is 6. The quantitative estimate of drug-likeness (QED) is 0.351. The molecular formula is C21H20N2O4. The third kappa shape index (κ3) is 3.65. The fourth-order valence-electron chi connectivity index (χ4n) is 3.16. The summed E-state index contributed by atoms with van der Waals surface area (Å²) in [4.78, 5) is 28.3. The van der Waals surface area contributed by atoms with Gasteiger partial charge >= 0.3 is 5.97 Å². The molecular weight excluding hydrogens is 344 g/mol. The highest BCUT2D eigenvalue weighted by Crippen LogP contribution is 2.35. The zero-order chi connectivity index (χ0) is 19.4. The molecule has 6 nitrogen and oxygen atoms in total. The van der Waals surface area contributed by atoms with Crippen LogP contribution < -0.4 is 0 Å². The van der Waals surface area contributed by atoms with E-state index in [4.69, 9.17) is 4.74 Å². The maximum Gasteiger partial charge on any atom is 0.340 e. The number of aryl methyl sites for hydroxylation is 1. The van der Waals surface area contributed by atoms with Gasteiger partial charge in [-0.3, -0.25) is 15.1 Å². The molecule has 6 heteroatoms. The predicted octanol–water partition coefficient (Wildman–Crippen LogP) is 4.94. The molecule has 0 amide bonds. The number of non-ortho nitro benzene ring substituents is 1. The van der Waals surface area contributed by atoms with E-state index in [0.717, 1.165) is 12.0 Å². The molecule has 0 atom stereocenters. The monoisotopic (exact) mass is 364 g/mol. The Morgan fingerprint density at radius 3 is 2.52 bits per heavy atom. The second kappa shape index (κ2) is 7.95. The zero-order valence-electron chi connectivity index (χ0n) is 15.3. The van der Waals surface area contributed by atoms with Crippen LogP contribution in [0.1, 0.15) is 36.3 Å². The molecule has 0 spiro atoms. The van der Waals surface area contributed by atoms with Crippen molar-refractivity contribution < 1.29 is 14.5 Å². The molecule has 0 radical (unpaired) electrons. The number of esters is 1. The SMILES string of the molecule is CCCc1nc2ccc([N+](=O)[O-])cc2c(-c2ccccc2)c1C(=O)OCC. The van der Waals surface area contributed by atoms with E-state index in [2.05, 4.69) is 4.98 Å². The molecule has 0 saturated heterocycles. The molecule has 1 aromatic heterocycles. The van der Waals surface area contributed by atoms with E-state index in [-0.39, 0.29) is 12.3 Å². The minimum atomic E-state index is -0.458. The van der Waals surface area contributed by atoms with Gasteiger partial charge in [0, 0.05) is 23.1 Å². The summed E-state index contributed by atoms with van der Waals surface area (Å²) in [6.45, 7) is 4.00. The second-order valence-electron chi connectivity index (χ2n) is 6.10. The Bertz CT molecular complexity index is 1000. The Morgan fingerprint density at radius 2 is 1.89 bits per heavy atom. The van der Waals surface area contributed by atoms with Crippen molar-refractivity contribution in [1.29, 1.82) is 0 Å². The van der Waals surface area contributed by atoms with Gasteiger partial charge in [-0.25, -0.2) is 4.79 Å². The minimum absolute atomic E-state index is 0.0421. The van der Waals surface area contributed by atoms with Crippen molar-refractivity contribution in [1.82, 2.24) is 4.98 Å². The summed E-state index contributed by atoms with van der Waals surface area (Å²) < 4.78 is 5.29. The van der Waals surface area contributed by atoms with Crippen molar-refractivity contribution in [3.8, 4) is 11.1 Å². The maximum absolute atomic E-state index is 12.8. The van der Waals surface area contributed by atoms with Gasteiger partial charge in [0.15, 0.2) is 0 Å². The molecule has 3 rings (SSSR count). The third-order valence-corrected chi connectivity index (χ3v) is 4.28. The van der Waals surface area contributed by atoms with Gasteiger partial charge in [0.05, 0.1) is 28.3 Å². The van der Waals surface area contributed by atoms with Gasteiger partial charge in [0.2, 0.25) is 0 Å². The number of hydrogen-bond acceptors (Lipinski definition) is 5. The highest BCUT2D eigenvalue weighted by molar-refractivity contribution is 6.08. The van der Waals surface area contributed by atoms with Crippen LogP contribution in [0.5, 0.6) is 0 Å². The Morgan fingerprint density at radius 1 is 1.15 bits per heavy atom. The molecule has 0 fully saturated rings. The van der Waals surface area contributed by atoms with Crippen LogP contribution in [0.3, 0.4) is 0 Å². The smallest absolute Gasteiger partial charge is 0.340 e. The molecule has 3 aromatic rings. The molecule has 0 aliphatic rings. The lowest BCUT2D eigenvalue weighted by molar-refractivity contribution is -0.384. The minimum Gasteiger partial charge on any atom is -0.462 e. The van der Waals surface area contributed by atoms with Gasteiger partial charge in [0.25, 0.3) is 5.69 Å². The lowest BCUT2D eigenvalue weighted by Gasteiger charge is -2.16. The molecule has 0 saturated carbocycles. The van der Waals surface area contributed by atoms with E-state index < -0.39 is 10.9 Å². The fourth-order valence-corrected chi connectivity index (χ4v) is 3.16. The van der Waals surface area contributed by atoms with E-state index in [0.29, 0.717) is 34.1 Å². The average Bonchev–Trinajstić information content (AvgIpc) is 2.67. The van der Waals surface area contributed by atoms with Gasteiger partial charge in [-0.15, -0.1) is 0 Å². The van der Waals surface area contributed by atoms with E-state index >= 15 is 0 Å². The summed E-state index contributed by atoms with van der Waals surface area (Å²) in [5, 5.41) is 11.8. The summed E-state index contributed by atoms with van der Waals surface area (Å²) in [7, 11) is 0. The van der Waals surface area contributed by atoms with Crippen LogP contribution in [0, 0.1) is 10.1 Å². The molecule has 1 heterocycles. The average molecular weight is 364 g/mol. The number of pyridine rings is 1. The van der Waals surface area contributed by atoms with Crippen LogP contribution in [0.25, 0.3) is 22.0 Å². The van der Waals surface area contributed by atoms with Gasteiger partial charge in [-0.2, -0.15) is 0 Å². The lowest BCUT2D eigenvalue weighted by Crippen LogP contribution is -2.12. The first-order valence-corrected chi connectivity index (χ1v) is 8.90. The molecule has 0 unspecified atom stereocenters. The van der Waals surface area contributed by atoms with Crippen LogP contribution in [0.15, 0.2) is 48.5 Å². The molecule has 0 bridgehead atoms. The van der Waals surface area contributed by atoms with Crippen molar-refractivity contribution in [3.05, 3.63) is 69.9 Å². The Balaban J connectivity index is 2.44.